The van der Waals surface area contributed by atoms with E-state index in [0.717, 1.165) is 22.3 Å². The fourth-order valence-electron chi connectivity index (χ4n) is 4.07. The fourth-order valence-corrected chi connectivity index (χ4v) is 4.07. The maximum absolute atomic E-state index is 13.1. The zero-order valence-electron chi connectivity index (χ0n) is 20.2. The lowest BCUT2D eigenvalue weighted by molar-refractivity contribution is -0.132. The van der Waals surface area contributed by atoms with Gasteiger partial charge in [-0.25, -0.2) is 4.39 Å². The van der Waals surface area contributed by atoms with E-state index in [0.29, 0.717) is 6.54 Å². The summed E-state index contributed by atoms with van der Waals surface area (Å²) < 4.78 is 14.5. The number of nitrogens with one attached hydrogen (secondary N) is 2. The summed E-state index contributed by atoms with van der Waals surface area (Å²) >= 11 is 0. The molecular weight excluding hydrogens is 449 g/mol. The van der Waals surface area contributed by atoms with E-state index in [-0.39, 0.29) is 36.2 Å². The first-order valence-corrected chi connectivity index (χ1v) is 11.3. The van der Waals surface area contributed by atoms with Gasteiger partial charge in [0.05, 0.1) is 6.54 Å². The Morgan fingerprint density at radius 2 is 1.77 bits per heavy atom. The van der Waals surface area contributed by atoms with Crippen LogP contribution >= 0.6 is 0 Å². The molecule has 1 aliphatic heterocycles. The minimum absolute atomic E-state index is 0.0874. The van der Waals surface area contributed by atoms with Crippen molar-refractivity contribution in [3.63, 3.8) is 0 Å². The Hall–Kier alpha value is -4.01. The number of halogens is 1. The van der Waals surface area contributed by atoms with Crippen molar-refractivity contribution in [1.82, 2.24) is 25.3 Å². The molecule has 0 spiro atoms. The predicted octanol–water partition coefficient (Wildman–Crippen LogP) is 2.73. The third-order valence-electron chi connectivity index (χ3n) is 6.53. The van der Waals surface area contributed by atoms with Gasteiger partial charge in [0.25, 0.3) is 11.8 Å². The summed E-state index contributed by atoms with van der Waals surface area (Å²) in [7, 11) is 1.55. The van der Waals surface area contributed by atoms with Crippen molar-refractivity contribution in [2.75, 3.05) is 7.05 Å². The number of carbonyl (C=O) groups excluding carboxylic acids is 3. The molecule has 1 aliphatic rings. The third kappa shape index (κ3) is 4.80. The number of benzene rings is 2. The van der Waals surface area contributed by atoms with E-state index in [9.17, 15) is 18.8 Å². The number of fused-ring (bicyclic) bond motifs is 1. The number of likely N-dealkylation sites (N-methyl/N-ethyl adjacent to an activating group) is 1. The number of carbonyl (C=O) groups is 3. The lowest BCUT2D eigenvalue weighted by Gasteiger charge is -2.40. The van der Waals surface area contributed by atoms with Gasteiger partial charge in [0, 0.05) is 26.2 Å². The monoisotopic (exact) mass is 477 g/mol. The van der Waals surface area contributed by atoms with Crippen LogP contribution in [-0.4, -0.2) is 45.0 Å². The van der Waals surface area contributed by atoms with Gasteiger partial charge in [0.1, 0.15) is 17.1 Å². The molecule has 0 fully saturated rings. The van der Waals surface area contributed by atoms with Crippen molar-refractivity contribution < 1.29 is 18.8 Å². The van der Waals surface area contributed by atoms with Gasteiger partial charge in [-0.05, 0) is 49.6 Å². The molecule has 0 saturated heterocycles. The van der Waals surface area contributed by atoms with Crippen LogP contribution in [0.15, 0.2) is 48.5 Å². The molecule has 0 unspecified atom stereocenters. The van der Waals surface area contributed by atoms with Crippen LogP contribution in [0.5, 0.6) is 0 Å². The van der Waals surface area contributed by atoms with Crippen LogP contribution in [0.2, 0.25) is 0 Å². The molecule has 9 heteroatoms. The summed E-state index contributed by atoms with van der Waals surface area (Å²) in [6.07, 6.45) is 0. The highest BCUT2D eigenvalue weighted by atomic mass is 19.1. The molecule has 0 saturated carbocycles. The van der Waals surface area contributed by atoms with Crippen LogP contribution in [0, 0.1) is 19.7 Å². The van der Waals surface area contributed by atoms with E-state index in [1.807, 2.05) is 32.0 Å². The predicted molar refractivity (Wildman–Crippen MR) is 128 cm³/mol. The molecule has 8 nitrogen and oxygen atoms in total. The van der Waals surface area contributed by atoms with Crippen LogP contribution in [-0.2, 0) is 24.4 Å². The molecule has 1 atom stereocenters. The van der Waals surface area contributed by atoms with Crippen molar-refractivity contribution in [1.29, 1.82) is 0 Å². The lowest BCUT2D eigenvalue weighted by Crippen LogP contribution is -2.62. The van der Waals surface area contributed by atoms with E-state index >= 15 is 0 Å². The van der Waals surface area contributed by atoms with Crippen molar-refractivity contribution in [2.24, 2.45) is 0 Å². The van der Waals surface area contributed by atoms with Crippen molar-refractivity contribution >= 4 is 17.7 Å². The number of nitrogens with zero attached hydrogens (tertiary/aromatic N) is 3. The minimum Gasteiger partial charge on any atom is -0.350 e. The molecule has 0 bridgehead atoms. The van der Waals surface area contributed by atoms with Gasteiger partial charge in [0.15, 0.2) is 5.69 Å². The van der Waals surface area contributed by atoms with Gasteiger partial charge in [0.2, 0.25) is 5.91 Å². The van der Waals surface area contributed by atoms with E-state index in [1.54, 1.807) is 26.1 Å². The highest BCUT2D eigenvalue weighted by Crippen LogP contribution is 2.26. The standard InChI is InChI=1S/C26H28FN5O3/c1-16-5-6-17(2)19(11-16)14-28-23(33)21-12-22-24(34)31(4)26(3,15-32(22)30-21)25(35)29-13-18-7-9-20(27)10-8-18/h5-12H,13-15H2,1-4H3,(H,28,33)(H,29,35)/t26-/m0/s1. The topological polar surface area (TPSA) is 96.3 Å². The van der Waals surface area contributed by atoms with E-state index in [2.05, 4.69) is 15.7 Å². The third-order valence-corrected chi connectivity index (χ3v) is 6.53. The maximum atomic E-state index is 13.1. The molecule has 182 valence electrons. The average Bonchev–Trinajstić information content (AvgIpc) is 3.26. The Kier molecular flexibility index (Phi) is 6.43. The summed E-state index contributed by atoms with van der Waals surface area (Å²) in [6.45, 7) is 6.23. The van der Waals surface area contributed by atoms with Gasteiger partial charge in [-0.1, -0.05) is 35.9 Å². The van der Waals surface area contributed by atoms with E-state index in [4.69, 9.17) is 0 Å². The summed E-state index contributed by atoms with van der Waals surface area (Å²) in [5, 5.41) is 10.0. The molecule has 0 radical (unpaired) electrons. The number of hydrogen-bond donors (Lipinski definition) is 2. The van der Waals surface area contributed by atoms with Gasteiger partial charge in [-0.3, -0.25) is 19.1 Å². The Morgan fingerprint density at radius 3 is 2.49 bits per heavy atom. The number of rotatable bonds is 6. The van der Waals surface area contributed by atoms with Crippen LogP contribution in [0.1, 0.15) is 50.2 Å². The van der Waals surface area contributed by atoms with E-state index in [1.165, 1.54) is 27.8 Å². The summed E-state index contributed by atoms with van der Waals surface area (Å²) in [5.74, 6) is -1.54. The number of amides is 3. The molecular formula is C26H28FN5O3. The first kappa shape index (κ1) is 24.1. The second-order valence-corrected chi connectivity index (χ2v) is 9.13. The summed E-state index contributed by atoms with van der Waals surface area (Å²) in [6, 6.07) is 13.3. The Morgan fingerprint density at radius 1 is 1.06 bits per heavy atom. The number of aromatic nitrogens is 2. The van der Waals surface area contributed by atoms with Crippen LogP contribution in [0.4, 0.5) is 4.39 Å². The zero-order valence-corrected chi connectivity index (χ0v) is 20.2. The minimum atomic E-state index is -1.22. The Bertz CT molecular complexity index is 1300. The highest BCUT2D eigenvalue weighted by molar-refractivity contribution is 6.01. The number of aryl methyl sites for hydroxylation is 2. The lowest BCUT2D eigenvalue weighted by atomic mass is 9.96. The molecule has 1 aromatic heterocycles. The highest BCUT2D eigenvalue weighted by Gasteiger charge is 2.46. The van der Waals surface area contributed by atoms with Gasteiger partial charge in [-0.15, -0.1) is 0 Å². The SMILES string of the molecule is Cc1ccc(C)c(CNC(=O)c2cc3n(n2)C[C@@](C)(C(=O)NCc2ccc(F)cc2)N(C)C3=O)c1. The van der Waals surface area contributed by atoms with Crippen LogP contribution in [0.3, 0.4) is 0 Å². The first-order chi connectivity index (χ1) is 16.6. The van der Waals surface area contributed by atoms with Crippen molar-refractivity contribution in [3.8, 4) is 0 Å². The molecule has 2 heterocycles. The van der Waals surface area contributed by atoms with Crippen LogP contribution in [0.25, 0.3) is 0 Å². The Balaban J connectivity index is 1.47. The second kappa shape index (κ2) is 9.32. The second-order valence-electron chi connectivity index (χ2n) is 9.13. The van der Waals surface area contributed by atoms with E-state index < -0.39 is 17.4 Å². The van der Waals surface area contributed by atoms with Crippen molar-refractivity contribution in [3.05, 3.63) is 88.0 Å². The molecule has 2 aromatic carbocycles. The molecule has 3 aromatic rings. The van der Waals surface area contributed by atoms with Crippen molar-refractivity contribution in [2.45, 2.75) is 45.9 Å². The first-order valence-electron chi connectivity index (χ1n) is 11.3. The smallest absolute Gasteiger partial charge is 0.272 e. The largest absolute Gasteiger partial charge is 0.350 e. The molecule has 35 heavy (non-hydrogen) atoms. The normalized spacial score (nSPS) is 17.2. The molecule has 4 rings (SSSR count). The fraction of sp³-hybridized carbons (Fsp3) is 0.308. The zero-order chi connectivity index (χ0) is 25.3. The quantitative estimate of drug-likeness (QED) is 0.571. The number of hydrogen-bond acceptors (Lipinski definition) is 4. The Labute approximate surface area is 203 Å². The molecule has 3 amide bonds. The van der Waals surface area contributed by atoms with Gasteiger partial charge in [-0.2, -0.15) is 5.10 Å². The summed E-state index contributed by atoms with van der Waals surface area (Å²) in [4.78, 5) is 40.3. The molecule has 2 N–H and O–H groups in total. The van der Waals surface area contributed by atoms with Crippen LogP contribution < -0.4 is 10.6 Å². The van der Waals surface area contributed by atoms with Gasteiger partial charge < -0.3 is 15.5 Å². The molecule has 0 aliphatic carbocycles. The average molecular weight is 478 g/mol. The maximum Gasteiger partial charge on any atom is 0.272 e. The summed E-state index contributed by atoms with van der Waals surface area (Å²) in [5.41, 5.74) is 3.04. The van der Waals surface area contributed by atoms with Gasteiger partial charge >= 0.3 is 0 Å².